The first kappa shape index (κ1) is 15.6. The molecule has 0 saturated heterocycles. The number of nitrogens with zero attached hydrogens (tertiary/aromatic N) is 1. The molecule has 3 rings (SSSR count). The van der Waals surface area contributed by atoms with Crippen LogP contribution < -0.4 is 5.32 Å². The maximum Gasteiger partial charge on any atom is 0.236 e. The molecule has 0 aliphatic carbocycles. The molecule has 3 aromatic heterocycles. The minimum absolute atomic E-state index is 0.00318. The van der Waals surface area contributed by atoms with Gasteiger partial charge >= 0.3 is 0 Å². The van der Waals surface area contributed by atoms with Crippen LogP contribution in [0.3, 0.4) is 0 Å². The van der Waals surface area contributed by atoms with E-state index in [4.69, 9.17) is 4.42 Å². The molecule has 0 radical (unpaired) electrons. The number of nitrogens with one attached hydrogen (secondary N) is 1. The quantitative estimate of drug-likeness (QED) is 0.662. The average Bonchev–Trinajstić information content (AvgIpc) is 3.32. The van der Waals surface area contributed by atoms with Crippen LogP contribution in [0.1, 0.15) is 28.2 Å². The minimum atomic E-state index is -0.171. The van der Waals surface area contributed by atoms with Gasteiger partial charge in [0.05, 0.1) is 22.0 Å². The zero-order valence-electron chi connectivity index (χ0n) is 12.2. The topological polar surface area (TPSA) is 72.2 Å². The summed E-state index contributed by atoms with van der Waals surface area (Å²) in [4.78, 5) is 29.6. The Labute approximate surface area is 141 Å². The number of hydrogen-bond donors (Lipinski definition) is 1. The maximum absolute atomic E-state index is 11.8. The summed E-state index contributed by atoms with van der Waals surface area (Å²) in [5.74, 6) is 0.379. The SMILES string of the molecule is O=C(CCC(=O)c1cccs1)NCc1coc(-c2cccs2)n1. The minimum Gasteiger partial charge on any atom is -0.443 e. The van der Waals surface area contributed by atoms with Gasteiger partial charge in [0.2, 0.25) is 11.8 Å². The molecular formula is C16H14N2O3S2. The highest BCUT2D eigenvalue weighted by atomic mass is 32.1. The molecule has 23 heavy (non-hydrogen) atoms. The molecule has 118 valence electrons. The van der Waals surface area contributed by atoms with Crippen molar-refractivity contribution in [2.24, 2.45) is 0 Å². The van der Waals surface area contributed by atoms with E-state index in [1.54, 1.807) is 17.4 Å². The summed E-state index contributed by atoms with van der Waals surface area (Å²) in [6.07, 6.45) is 1.92. The second-order valence-electron chi connectivity index (χ2n) is 4.80. The van der Waals surface area contributed by atoms with Crippen LogP contribution in [0.15, 0.2) is 45.7 Å². The summed E-state index contributed by atoms with van der Waals surface area (Å²) in [6, 6.07) is 7.45. The number of thiophene rings is 2. The normalized spacial score (nSPS) is 10.6. The molecule has 0 aromatic carbocycles. The monoisotopic (exact) mass is 346 g/mol. The summed E-state index contributed by atoms with van der Waals surface area (Å²) in [6.45, 7) is 0.293. The first-order chi connectivity index (χ1) is 11.2. The van der Waals surface area contributed by atoms with Crippen LogP contribution >= 0.6 is 22.7 Å². The summed E-state index contributed by atoms with van der Waals surface area (Å²) in [7, 11) is 0. The average molecular weight is 346 g/mol. The number of carbonyl (C=O) groups is 2. The Bertz CT molecular complexity index is 776. The zero-order valence-corrected chi connectivity index (χ0v) is 13.8. The largest absolute Gasteiger partial charge is 0.443 e. The van der Waals surface area contributed by atoms with Gasteiger partial charge in [0.15, 0.2) is 5.78 Å². The Morgan fingerprint density at radius 2 is 1.96 bits per heavy atom. The summed E-state index contributed by atoms with van der Waals surface area (Å²) < 4.78 is 5.38. The Balaban J connectivity index is 1.45. The van der Waals surface area contributed by atoms with E-state index in [0.717, 1.165) is 4.88 Å². The summed E-state index contributed by atoms with van der Waals surface area (Å²) in [5.41, 5.74) is 0.659. The molecule has 0 saturated carbocycles. The molecule has 3 heterocycles. The van der Waals surface area contributed by atoms with E-state index in [0.29, 0.717) is 23.0 Å². The van der Waals surface area contributed by atoms with E-state index in [1.165, 1.54) is 17.6 Å². The number of carbonyl (C=O) groups excluding carboxylic acids is 2. The fourth-order valence-electron chi connectivity index (χ4n) is 1.97. The smallest absolute Gasteiger partial charge is 0.236 e. The fraction of sp³-hybridized carbons (Fsp3) is 0.188. The van der Waals surface area contributed by atoms with Crippen molar-refractivity contribution >= 4 is 34.4 Å². The molecule has 0 aliphatic heterocycles. The van der Waals surface area contributed by atoms with Gasteiger partial charge in [-0.25, -0.2) is 4.98 Å². The molecule has 0 aliphatic rings. The number of rotatable bonds is 7. The first-order valence-electron chi connectivity index (χ1n) is 7.04. The van der Waals surface area contributed by atoms with Crippen LogP contribution in [0.25, 0.3) is 10.8 Å². The van der Waals surface area contributed by atoms with Gasteiger partial charge in [-0.15, -0.1) is 22.7 Å². The number of hydrogen-bond acceptors (Lipinski definition) is 6. The van der Waals surface area contributed by atoms with Crippen molar-refractivity contribution < 1.29 is 14.0 Å². The molecule has 7 heteroatoms. The van der Waals surface area contributed by atoms with Crippen LogP contribution in [-0.2, 0) is 11.3 Å². The highest BCUT2D eigenvalue weighted by molar-refractivity contribution is 7.13. The van der Waals surface area contributed by atoms with Crippen molar-refractivity contribution in [1.29, 1.82) is 0 Å². The van der Waals surface area contributed by atoms with Gasteiger partial charge in [0, 0.05) is 12.8 Å². The molecule has 5 nitrogen and oxygen atoms in total. The second-order valence-corrected chi connectivity index (χ2v) is 6.69. The van der Waals surface area contributed by atoms with Crippen LogP contribution in [-0.4, -0.2) is 16.7 Å². The van der Waals surface area contributed by atoms with Gasteiger partial charge in [-0.05, 0) is 22.9 Å². The predicted octanol–water partition coefficient (Wildman–Crippen LogP) is 3.74. The van der Waals surface area contributed by atoms with Gasteiger partial charge in [-0.2, -0.15) is 0 Å². The third-order valence-electron chi connectivity index (χ3n) is 3.13. The fourth-order valence-corrected chi connectivity index (χ4v) is 3.32. The lowest BCUT2D eigenvalue weighted by molar-refractivity contribution is -0.121. The molecule has 1 amide bonds. The van der Waals surface area contributed by atoms with E-state index in [9.17, 15) is 9.59 Å². The third-order valence-corrected chi connectivity index (χ3v) is 4.89. The third kappa shape index (κ3) is 4.14. The second kappa shape index (κ2) is 7.34. The molecule has 3 aromatic rings. The van der Waals surface area contributed by atoms with E-state index in [-0.39, 0.29) is 24.5 Å². The van der Waals surface area contributed by atoms with Crippen molar-refractivity contribution in [2.45, 2.75) is 19.4 Å². The lowest BCUT2D eigenvalue weighted by Gasteiger charge is -2.02. The lowest BCUT2D eigenvalue weighted by Crippen LogP contribution is -2.23. The number of Topliss-reactive ketones (excluding diaryl/α,β-unsaturated/α-hetero) is 1. The van der Waals surface area contributed by atoms with Crippen molar-refractivity contribution in [2.75, 3.05) is 0 Å². The molecule has 1 N–H and O–H groups in total. The number of amides is 1. The molecule has 0 unspecified atom stereocenters. The van der Waals surface area contributed by atoms with Crippen molar-refractivity contribution in [1.82, 2.24) is 10.3 Å². The zero-order chi connectivity index (χ0) is 16.1. The van der Waals surface area contributed by atoms with Gasteiger partial charge in [0.25, 0.3) is 0 Å². The molecule has 0 fully saturated rings. The predicted molar refractivity (Wildman–Crippen MR) is 89.5 cm³/mol. The van der Waals surface area contributed by atoms with Crippen LogP contribution in [0, 0.1) is 0 Å². The van der Waals surface area contributed by atoms with Gasteiger partial charge in [-0.3, -0.25) is 9.59 Å². The number of oxazole rings is 1. The van der Waals surface area contributed by atoms with Crippen LogP contribution in [0.4, 0.5) is 0 Å². The molecule has 0 spiro atoms. The Kier molecular flexibility index (Phi) is 4.99. The molecule has 0 bridgehead atoms. The lowest BCUT2D eigenvalue weighted by atomic mass is 10.2. The van der Waals surface area contributed by atoms with Crippen molar-refractivity contribution in [3.8, 4) is 10.8 Å². The van der Waals surface area contributed by atoms with E-state index < -0.39 is 0 Å². The number of aromatic nitrogens is 1. The highest BCUT2D eigenvalue weighted by Crippen LogP contribution is 2.23. The molecule has 0 atom stereocenters. The first-order valence-corrected chi connectivity index (χ1v) is 8.80. The summed E-state index contributed by atoms with van der Waals surface area (Å²) >= 11 is 2.94. The Hall–Kier alpha value is -2.25. The van der Waals surface area contributed by atoms with E-state index in [2.05, 4.69) is 10.3 Å². The highest BCUT2D eigenvalue weighted by Gasteiger charge is 2.11. The van der Waals surface area contributed by atoms with Gasteiger partial charge < -0.3 is 9.73 Å². The van der Waals surface area contributed by atoms with Gasteiger partial charge in [-0.1, -0.05) is 12.1 Å². The van der Waals surface area contributed by atoms with Crippen molar-refractivity contribution in [3.05, 3.63) is 51.9 Å². The van der Waals surface area contributed by atoms with Gasteiger partial charge in [0.1, 0.15) is 6.26 Å². The van der Waals surface area contributed by atoms with Crippen LogP contribution in [0.2, 0.25) is 0 Å². The number of ketones is 1. The van der Waals surface area contributed by atoms with Crippen LogP contribution in [0.5, 0.6) is 0 Å². The van der Waals surface area contributed by atoms with E-state index in [1.807, 2.05) is 29.0 Å². The Morgan fingerprint density at radius 3 is 2.70 bits per heavy atom. The summed E-state index contributed by atoms with van der Waals surface area (Å²) in [5, 5.41) is 6.55. The van der Waals surface area contributed by atoms with E-state index >= 15 is 0 Å². The maximum atomic E-state index is 11.8. The van der Waals surface area contributed by atoms with Crippen molar-refractivity contribution in [3.63, 3.8) is 0 Å². The Morgan fingerprint density at radius 1 is 1.13 bits per heavy atom. The molecular weight excluding hydrogens is 332 g/mol. The standard InChI is InChI=1S/C16H14N2O3S2/c19-12(13-3-1-7-22-13)5-6-15(20)17-9-11-10-21-16(18-11)14-4-2-8-23-14/h1-4,7-8,10H,5-6,9H2,(H,17,20).